The van der Waals surface area contributed by atoms with Gasteiger partial charge < -0.3 is 5.11 Å². The molecule has 0 spiro atoms. The molecular formula is C18H31NO. The molecule has 0 aliphatic heterocycles. The third kappa shape index (κ3) is 3.76. The Balaban J connectivity index is 1.76. The fourth-order valence-electron chi connectivity index (χ4n) is 4.38. The Bertz CT molecular complexity index is 319. The van der Waals surface area contributed by atoms with Crippen molar-refractivity contribution in [2.24, 2.45) is 29.6 Å². The van der Waals surface area contributed by atoms with Gasteiger partial charge in [-0.1, -0.05) is 20.3 Å². The minimum atomic E-state index is -0.0877. The van der Waals surface area contributed by atoms with Crippen molar-refractivity contribution < 1.29 is 5.11 Å². The topological polar surface area (TPSA) is 44.0 Å². The van der Waals surface area contributed by atoms with Gasteiger partial charge in [0.15, 0.2) is 0 Å². The standard InChI is InChI=1S/C18H31NO/c1-3-13(2)18(20)17-10-8-16(9-11-17)15-6-4-14(12-19)5-7-15/h13-18,20H,3-11H2,1-2H3. The Kier molecular flexibility index (Phi) is 5.90. The molecule has 2 atom stereocenters. The minimum absolute atomic E-state index is 0.0877. The van der Waals surface area contributed by atoms with Gasteiger partial charge in [-0.05, 0) is 75.0 Å². The Morgan fingerprint density at radius 1 is 1.00 bits per heavy atom. The van der Waals surface area contributed by atoms with Crippen LogP contribution in [0.15, 0.2) is 0 Å². The molecule has 114 valence electrons. The lowest BCUT2D eigenvalue weighted by molar-refractivity contribution is 0.0219. The average Bonchev–Trinajstić information content (AvgIpc) is 2.53. The summed E-state index contributed by atoms with van der Waals surface area (Å²) in [5, 5.41) is 19.4. The molecule has 2 aliphatic carbocycles. The molecule has 2 saturated carbocycles. The van der Waals surface area contributed by atoms with Gasteiger partial charge >= 0.3 is 0 Å². The van der Waals surface area contributed by atoms with Crippen molar-refractivity contribution in [1.29, 1.82) is 5.26 Å². The van der Waals surface area contributed by atoms with Crippen LogP contribution in [0.5, 0.6) is 0 Å². The maximum absolute atomic E-state index is 10.4. The largest absolute Gasteiger partial charge is 0.393 e. The lowest BCUT2D eigenvalue weighted by Gasteiger charge is -2.39. The second-order valence-corrected chi connectivity index (χ2v) is 7.29. The van der Waals surface area contributed by atoms with Crippen LogP contribution in [0.25, 0.3) is 0 Å². The Morgan fingerprint density at radius 2 is 1.50 bits per heavy atom. The van der Waals surface area contributed by atoms with E-state index in [-0.39, 0.29) is 6.10 Å². The summed E-state index contributed by atoms with van der Waals surface area (Å²) >= 11 is 0. The molecule has 2 unspecified atom stereocenters. The zero-order valence-electron chi connectivity index (χ0n) is 13.2. The fraction of sp³-hybridized carbons (Fsp3) is 0.944. The van der Waals surface area contributed by atoms with E-state index in [2.05, 4.69) is 19.9 Å². The second-order valence-electron chi connectivity index (χ2n) is 7.29. The van der Waals surface area contributed by atoms with Crippen LogP contribution in [0.1, 0.15) is 71.6 Å². The summed E-state index contributed by atoms with van der Waals surface area (Å²) < 4.78 is 0. The molecule has 0 aromatic carbocycles. The van der Waals surface area contributed by atoms with Gasteiger partial charge in [-0.3, -0.25) is 0 Å². The molecule has 1 N–H and O–H groups in total. The highest BCUT2D eigenvalue weighted by Gasteiger charge is 2.33. The van der Waals surface area contributed by atoms with E-state index in [1.807, 2.05) is 0 Å². The molecule has 0 bridgehead atoms. The van der Waals surface area contributed by atoms with Gasteiger partial charge in [-0.2, -0.15) is 5.26 Å². The molecule has 0 radical (unpaired) electrons. The van der Waals surface area contributed by atoms with Crippen molar-refractivity contribution in [2.75, 3.05) is 0 Å². The number of nitrogens with zero attached hydrogens (tertiary/aromatic N) is 1. The average molecular weight is 277 g/mol. The number of hydrogen-bond acceptors (Lipinski definition) is 2. The summed E-state index contributed by atoms with van der Waals surface area (Å²) in [6.45, 7) is 4.35. The molecule has 2 rings (SSSR count). The zero-order valence-corrected chi connectivity index (χ0v) is 13.2. The first-order chi connectivity index (χ1) is 9.65. The first kappa shape index (κ1) is 15.8. The van der Waals surface area contributed by atoms with Crippen LogP contribution in [0, 0.1) is 40.9 Å². The first-order valence-corrected chi connectivity index (χ1v) is 8.73. The Morgan fingerprint density at radius 3 is 1.95 bits per heavy atom. The molecule has 2 heteroatoms. The van der Waals surface area contributed by atoms with Crippen LogP contribution < -0.4 is 0 Å². The number of nitriles is 1. The van der Waals surface area contributed by atoms with Crippen molar-refractivity contribution >= 4 is 0 Å². The summed E-state index contributed by atoms with van der Waals surface area (Å²) in [6.07, 6.45) is 10.8. The van der Waals surface area contributed by atoms with Gasteiger partial charge in [0.2, 0.25) is 0 Å². The normalized spacial score (nSPS) is 37.9. The molecule has 2 nitrogen and oxygen atoms in total. The van der Waals surface area contributed by atoms with Crippen LogP contribution in [0.4, 0.5) is 0 Å². The molecule has 2 fully saturated rings. The monoisotopic (exact) mass is 277 g/mol. The number of rotatable bonds is 4. The van der Waals surface area contributed by atoms with E-state index in [1.54, 1.807) is 0 Å². The van der Waals surface area contributed by atoms with Gasteiger partial charge in [0, 0.05) is 5.92 Å². The lowest BCUT2D eigenvalue weighted by Crippen LogP contribution is -2.33. The number of aliphatic hydroxyl groups is 1. The van der Waals surface area contributed by atoms with E-state index in [9.17, 15) is 5.11 Å². The summed E-state index contributed by atoms with van der Waals surface area (Å²) in [5.74, 6) is 3.05. The highest BCUT2D eigenvalue weighted by molar-refractivity contribution is 4.90. The summed E-state index contributed by atoms with van der Waals surface area (Å²) in [4.78, 5) is 0. The fourth-order valence-corrected chi connectivity index (χ4v) is 4.38. The molecule has 0 aromatic heterocycles. The quantitative estimate of drug-likeness (QED) is 0.820. The molecule has 20 heavy (non-hydrogen) atoms. The van der Waals surface area contributed by atoms with Crippen molar-refractivity contribution in [3.8, 4) is 6.07 Å². The Labute approximate surface area is 124 Å². The van der Waals surface area contributed by atoms with E-state index in [0.717, 1.165) is 31.1 Å². The van der Waals surface area contributed by atoms with Gasteiger partial charge in [0.1, 0.15) is 0 Å². The van der Waals surface area contributed by atoms with E-state index < -0.39 is 0 Å². The van der Waals surface area contributed by atoms with Gasteiger partial charge in [0.05, 0.1) is 12.2 Å². The predicted octanol–water partition coefficient (Wildman–Crippen LogP) is 4.53. The van der Waals surface area contributed by atoms with Crippen molar-refractivity contribution in [3.63, 3.8) is 0 Å². The SMILES string of the molecule is CCC(C)C(O)C1CCC(C2CCC(C#N)CC2)CC1. The van der Waals surface area contributed by atoms with E-state index in [1.165, 1.54) is 38.5 Å². The number of aliphatic hydroxyl groups excluding tert-OH is 1. The lowest BCUT2D eigenvalue weighted by atomic mass is 9.68. The number of hydrogen-bond donors (Lipinski definition) is 1. The smallest absolute Gasteiger partial charge is 0.0655 e. The summed E-state index contributed by atoms with van der Waals surface area (Å²) in [7, 11) is 0. The van der Waals surface area contributed by atoms with Crippen molar-refractivity contribution in [3.05, 3.63) is 0 Å². The maximum atomic E-state index is 10.4. The summed E-state index contributed by atoms with van der Waals surface area (Å²) in [5.41, 5.74) is 0. The molecule has 0 saturated heterocycles. The Hall–Kier alpha value is -0.550. The summed E-state index contributed by atoms with van der Waals surface area (Å²) in [6, 6.07) is 2.44. The van der Waals surface area contributed by atoms with Gasteiger partial charge in [-0.25, -0.2) is 0 Å². The van der Waals surface area contributed by atoms with Crippen LogP contribution >= 0.6 is 0 Å². The highest BCUT2D eigenvalue weighted by atomic mass is 16.3. The van der Waals surface area contributed by atoms with Crippen LogP contribution in [-0.4, -0.2) is 11.2 Å². The third-order valence-electron chi connectivity index (χ3n) is 6.15. The third-order valence-corrected chi connectivity index (χ3v) is 6.15. The van der Waals surface area contributed by atoms with Gasteiger partial charge in [-0.15, -0.1) is 0 Å². The second kappa shape index (κ2) is 7.46. The molecular weight excluding hydrogens is 246 g/mol. The molecule has 0 heterocycles. The van der Waals surface area contributed by atoms with Crippen molar-refractivity contribution in [1.82, 2.24) is 0 Å². The highest BCUT2D eigenvalue weighted by Crippen LogP contribution is 2.42. The van der Waals surface area contributed by atoms with Crippen LogP contribution in [-0.2, 0) is 0 Å². The van der Waals surface area contributed by atoms with Crippen LogP contribution in [0.3, 0.4) is 0 Å². The van der Waals surface area contributed by atoms with E-state index >= 15 is 0 Å². The van der Waals surface area contributed by atoms with E-state index in [4.69, 9.17) is 5.26 Å². The first-order valence-electron chi connectivity index (χ1n) is 8.73. The molecule has 2 aliphatic rings. The predicted molar refractivity (Wildman–Crippen MR) is 82.0 cm³/mol. The molecule has 0 amide bonds. The maximum Gasteiger partial charge on any atom is 0.0655 e. The van der Waals surface area contributed by atoms with Gasteiger partial charge in [0.25, 0.3) is 0 Å². The zero-order chi connectivity index (χ0) is 14.5. The van der Waals surface area contributed by atoms with E-state index in [0.29, 0.717) is 17.8 Å². The molecule has 0 aromatic rings. The van der Waals surface area contributed by atoms with Crippen LogP contribution in [0.2, 0.25) is 0 Å². The van der Waals surface area contributed by atoms with Crippen molar-refractivity contribution in [2.45, 2.75) is 77.7 Å². The minimum Gasteiger partial charge on any atom is -0.393 e.